The third-order valence-corrected chi connectivity index (χ3v) is 5.74. The highest BCUT2D eigenvalue weighted by Crippen LogP contribution is 2.16. The second kappa shape index (κ2) is 10.1. The number of hydrogen-bond acceptors (Lipinski definition) is 3. The first-order valence-electron chi connectivity index (χ1n) is 10.9. The Labute approximate surface area is 188 Å². The van der Waals surface area contributed by atoms with Gasteiger partial charge in [0, 0.05) is 49.7 Å². The summed E-state index contributed by atoms with van der Waals surface area (Å²) in [4.78, 5) is 29.3. The normalized spacial score (nSPS) is 14.1. The lowest BCUT2D eigenvalue weighted by molar-refractivity contribution is 0.0628. The Morgan fingerprint density at radius 3 is 2.00 bits per heavy atom. The Bertz CT molecular complexity index is 1060. The first-order valence-corrected chi connectivity index (χ1v) is 10.9. The number of amides is 3. The fourth-order valence-corrected chi connectivity index (χ4v) is 3.83. The van der Waals surface area contributed by atoms with Gasteiger partial charge in [-0.05, 0) is 54.4 Å². The third-order valence-electron chi connectivity index (χ3n) is 5.74. The van der Waals surface area contributed by atoms with Gasteiger partial charge in [-0.3, -0.25) is 9.69 Å². The lowest BCUT2D eigenvalue weighted by Crippen LogP contribution is -2.48. The van der Waals surface area contributed by atoms with E-state index in [-0.39, 0.29) is 11.9 Å². The van der Waals surface area contributed by atoms with Crippen molar-refractivity contribution >= 4 is 23.3 Å². The van der Waals surface area contributed by atoms with Gasteiger partial charge in [-0.1, -0.05) is 42.5 Å². The highest BCUT2D eigenvalue weighted by Gasteiger charge is 2.22. The van der Waals surface area contributed by atoms with Crippen LogP contribution < -0.4 is 10.6 Å². The van der Waals surface area contributed by atoms with Crippen LogP contribution in [0.25, 0.3) is 0 Å². The van der Waals surface area contributed by atoms with Crippen LogP contribution in [0.5, 0.6) is 0 Å². The van der Waals surface area contributed by atoms with E-state index in [4.69, 9.17) is 0 Å². The summed E-state index contributed by atoms with van der Waals surface area (Å²) >= 11 is 0. The molecule has 0 spiro atoms. The van der Waals surface area contributed by atoms with Crippen molar-refractivity contribution in [3.63, 3.8) is 0 Å². The van der Waals surface area contributed by atoms with Gasteiger partial charge in [0.2, 0.25) is 0 Å². The standard InChI is InChI=1S/C26H28N4O2/c1-20-7-5-6-8-22(20)19-29-15-17-30(18-16-29)25(31)21-11-13-24(14-12-21)28-26(32)27-23-9-3-2-4-10-23/h2-14H,15-19H2,1H3,(H2,27,28,32). The zero-order chi connectivity index (χ0) is 22.3. The minimum Gasteiger partial charge on any atom is -0.336 e. The second-order valence-electron chi connectivity index (χ2n) is 8.02. The molecule has 0 atom stereocenters. The van der Waals surface area contributed by atoms with Crippen molar-refractivity contribution in [2.45, 2.75) is 13.5 Å². The lowest BCUT2D eigenvalue weighted by Gasteiger charge is -2.35. The summed E-state index contributed by atoms with van der Waals surface area (Å²) in [6.45, 7) is 6.20. The maximum absolute atomic E-state index is 12.9. The molecule has 1 aliphatic rings. The number of anilines is 2. The number of piperazine rings is 1. The van der Waals surface area contributed by atoms with Gasteiger partial charge in [-0.15, -0.1) is 0 Å². The zero-order valence-electron chi connectivity index (χ0n) is 18.3. The Balaban J connectivity index is 1.27. The lowest BCUT2D eigenvalue weighted by atomic mass is 10.1. The molecule has 0 saturated carbocycles. The summed E-state index contributed by atoms with van der Waals surface area (Å²) in [6.07, 6.45) is 0. The van der Waals surface area contributed by atoms with Crippen molar-refractivity contribution in [3.8, 4) is 0 Å². The number of carbonyl (C=O) groups excluding carboxylic acids is 2. The van der Waals surface area contributed by atoms with Gasteiger partial charge in [-0.25, -0.2) is 4.79 Å². The fraction of sp³-hybridized carbons (Fsp3) is 0.231. The summed E-state index contributed by atoms with van der Waals surface area (Å²) < 4.78 is 0. The molecule has 1 heterocycles. The molecule has 1 aliphatic heterocycles. The van der Waals surface area contributed by atoms with Crippen LogP contribution in [-0.4, -0.2) is 47.9 Å². The Kier molecular flexibility index (Phi) is 6.82. The van der Waals surface area contributed by atoms with Gasteiger partial charge < -0.3 is 15.5 Å². The molecule has 32 heavy (non-hydrogen) atoms. The van der Waals surface area contributed by atoms with Gasteiger partial charge in [0.15, 0.2) is 0 Å². The molecule has 1 saturated heterocycles. The van der Waals surface area contributed by atoms with Gasteiger partial charge in [0.05, 0.1) is 0 Å². The highest BCUT2D eigenvalue weighted by molar-refractivity contribution is 6.00. The molecule has 0 aromatic heterocycles. The number of nitrogens with zero attached hydrogens (tertiary/aromatic N) is 2. The molecule has 6 nitrogen and oxygen atoms in total. The average molecular weight is 429 g/mol. The van der Waals surface area contributed by atoms with E-state index in [1.54, 1.807) is 24.3 Å². The molecule has 3 aromatic rings. The summed E-state index contributed by atoms with van der Waals surface area (Å²) in [5.41, 5.74) is 4.63. The molecule has 0 bridgehead atoms. The maximum atomic E-state index is 12.9. The van der Waals surface area contributed by atoms with Crippen LogP contribution in [0.4, 0.5) is 16.2 Å². The van der Waals surface area contributed by atoms with Crippen LogP contribution >= 0.6 is 0 Å². The van der Waals surface area contributed by atoms with Crippen molar-refractivity contribution in [2.75, 3.05) is 36.8 Å². The number of carbonyl (C=O) groups is 2. The molecule has 0 radical (unpaired) electrons. The van der Waals surface area contributed by atoms with E-state index >= 15 is 0 Å². The monoisotopic (exact) mass is 428 g/mol. The number of hydrogen-bond donors (Lipinski definition) is 2. The molecule has 2 N–H and O–H groups in total. The van der Waals surface area contributed by atoms with E-state index < -0.39 is 0 Å². The number of urea groups is 1. The van der Waals surface area contributed by atoms with Crippen LogP contribution in [0, 0.1) is 6.92 Å². The van der Waals surface area contributed by atoms with E-state index in [0.717, 1.165) is 25.3 Å². The number of nitrogens with one attached hydrogen (secondary N) is 2. The van der Waals surface area contributed by atoms with Gasteiger partial charge in [0.25, 0.3) is 5.91 Å². The molecule has 0 unspecified atom stereocenters. The molecular formula is C26H28N4O2. The predicted molar refractivity (Wildman–Crippen MR) is 128 cm³/mol. The van der Waals surface area contributed by atoms with E-state index in [1.807, 2.05) is 35.2 Å². The minimum atomic E-state index is -0.319. The molecule has 4 rings (SSSR count). The number of para-hydroxylation sites is 1. The van der Waals surface area contributed by atoms with E-state index in [1.165, 1.54) is 11.1 Å². The van der Waals surface area contributed by atoms with E-state index in [2.05, 4.69) is 46.7 Å². The number of benzene rings is 3. The molecule has 164 valence electrons. The molecule has 0 aliphatic carbocycles. The fourth-order valence-electron chi connectivity index (χ4n) is 3.83. The number of rotatable bonds is 5. The van der Waals surface area contributed by atoms with Crippen LogP contribution in [0.3, 0.4) is 0 Å². The van der Waals surface area contributed by atoms with E-state index in [0.29, 0.717) is 24.3 Å². The molecule has 6 heteroatoms. The highest BCUT2D eigenvalue weighted by atomic mass is 16.2. The van der Waals surface area contributed by atoms with Crippen LogP contribution in [0.15, 0.2) is 78.9 Å². The van der Waals surface area contributed by atoms with Crippen molar-refractivity contribution in [2.24, 2.45) is 0 Å². The minimum absolute atomic E-state index is 0.0285. The van der Waals surface area contributed by atoms with Crippen LogP contribution in [0.1, 0.15) is 21.5 Å². The average Bonchev–Trinajstić information content (AvgIpc) is 2.82. The number of aryl methyl sites for hydroxylation is 1. The Morgan fingerprint density at radius 2 is 1.34 bits per heavy atom. The Morgan fingerprint density at radius 1 is 0.750 bits per heavy atom. The van der Waals surface area contributed by atoms with Crippen molar-refractivity contribution in [3.05, 3.63) is 95.6 Å². The first kappa shape index (κ1) is 21.6. The molecular weight excluding hydrogens is 400 g/mol. The van der Waals surface area contributed by atoms with Gasteiger partial charge in [-0.2, -0.15) is 0 Å². The van der Waals surface area contributed by atoms with E-state index in [9.17, 15) is 9.59 Å². The zero-order valence-corrected chi connectivity index (χ0v) is 18.3. The summed E-state index contributed by atoms with van der Waals surface area (Å²) in [7, 11) is 0. The SMILES string of the molecule is Cc1ccccc1CN1CCN(C(=O)c2ccc(NC(=O)Nc3ccccc3)cc2)CC1. The second-order valence-corrected chi connectivity index (χ2v) is 8.02. The maximum Gasteiger partial charge on any atom is 0.323 e. The third kappa shape index (κ3) is 5.53. The van der Waals surface area contributed by atoms with Crippen LogP contribution in [0.2, 0.25) is 0 Å². The van der Waals surface area contributed by atoms with Gasteiger partial charge >= 0.3 is 6.03 Å². The van der Waals surface area contributed by atoms with Crippen molar-refractivity contribution < 1.29 is 9.59 Å². The first-order chi connectivity index (χ1) is 15.6. The topological polar surface area (TPSA) is 64.7 Å². The summed E-state index contributed by atoms with van der Waals surface area (Å²) in [5.74, 6) is 0.0285. The summed E-state index contributed by atoms with van der Waals surface area (Å²) in [5, 5.41) is 5.56. The Hall–Kier alpha value is -3.64. The smallest absolute Gasteiger partial charge is 0.323 e. The van der Waals surface area contributed by atoms with Gasteiger partial charge in [0.1, 0.15) is 0 Å². The predicted octanol–water partition coefficient (Wildman–Crippen LogP) is 4.60. The quantitative estimate of drug-likeness (QED) is 0.624. The van der Waals surface area contributed by atoms with Crippen LogP contribution in [-0.2, 0) is 6.54 Å². The summed E-state index contributed by atoms with van der Waals surface area (Å²) in [6, 6.07) is 24.4. The molecule has 3 amide bonds. The molecule has 1 fully saturated rings. The van der Waals surface area contributed by atoms with Crippen molar-refractivity contribution in [1.29, 1.82) is 0 Å². The van der Waals surface area contributed by atoms with Crippen molar-refractivity contribution in [1.82, 2.24) is 9.80 Å². The molecule has 3 aromatic carbocycles. The largest absolute Gasteiger partial charge is 0.336 e.